The number of amides is 1. The van der Waals surface area contributed by atoms with Crippen LogP contribution in [0.5, 0.6) is 11.5 Å². The molecule has 8 nitrogen and oxygen atoms in total. The number of H-pyrrole nitrogens is 1. The molecule has 2 aromatic carbocycles. The molecule has 1 aromatic heterocycles. The molecule has 0 saturated heterocycles. The van der Waals surface area contributed by atoms with Crippen LogP contribution in [0.2, 0.25) is 0 Å². The molecule has 0 spiro atoms. The number of aromatic nitrogens is 2. The smallest absolute Gasteiger partial charge is 0.258 e. The second-order valence-electron chi connectivity index (χ2n) is 8.36. The molecule has 4 rings (SSSR count). The van der Waals surface area contributed by atoms with Crippen molar-refractivity contribution in [1.29, 1.82) is 0 Å². The summed E-state index contributed by atoms with van der Waals surface area (Å²) in [4.78, 5) is 29.2. The van der Waals surface area contributed by atoms with Crippen LogP contribution in [-0.4, -0.2) is 64.0 Å². The van der Waals surface area contributed by atoms with E-state index in [-0.39, 0.29) is 28.7 Å². The van der Waals surface area contributed by atoms with E-state index in [0.717, 1.165) is 29.8 Å². The molecule has 0 saturated carbocycles. The minimum atomic E-state index is -0.287. The lowest BCUT2D eigenvalue weighted by Crippen LogP contribution is -2.25. The van der Waals surface area contributed by atoms with Crippen molar-refractivity contribution in [1.82, 2.24) is 20.0 Å². The quantitative estimate of drug-likeness (QED) is 0.415. The summed E-state index contributed by atoms with van der Waals surface area (Å²) < 4.78 is 5.85. The highest BCUT2D eigenvalue weighted by atomic mass is 16.5. The number of nitrogens with zero attached hydrogens (tertiary/aromatic N) is 3. The van der Waals surface area contributed by atoms with Crippen molar-refractivity contribution in [2.75, 3.05) is 27.2 Å². The van der Waals surface area contributed by atoms with Crippen LogP contribution in [0.25, 0.3) is 10.9 Å². The van der Waals surface area contributed by atoms with E-state index in [1.807, 2.05) is 32.3 Å². The molecule has 8 heteroatoms. The summed E-state index contributed by atoms with van der Waals surface area (Å²) in [6, 6.07) is 8.91. The Morgan fingerprint density at radius 3 is 2.72 bits per heavy atom. The predicted octanol–water partition coefficient (Wildman–Crippen LogP) is 3.35. The number of Topliss-reactive ketones (excluding diaryl/α,β-unsaturated/α-hetero) is 1. The molecule has 0 radical (unpaired) electrons. The third kappa shape index (κ3) is 4.31. The molecular weight excluding hydrogens is 408 g/mol. The Balaban J connectivity index is 1.50. The fourth-order valence-electron chi connectivity index (χ4n) is 3.95. The van der Waals surface area contributed by atoms with Crippen LogP contribution < -0.4 is 4.74 Å². The van der Waals surface area contributed by atoms with Gasteiger partial charge in [0.05, 0.1) is 17.7 Å². The minimum absolute atomic E-state index is 0.118. The van der Waals surface area contributed by atoms with Crippen molar-refractivity contribution in [2.24, 2.45) is 0 Å². The summed E-state index contributed by atoms with van der Waals surface area (Å²) in [6.07, 6.45) is 1.25. The standard InChI is InChI=1S/C24H28N4O4/c1-4-21(29)23-18-11-19(22(30)12-20(18)25-26-23)24(31)28-13-15-6-7-17(10-16(15)14-28)32-9-5-8-27(2)3/h6-7,10-12,30H,4-5,8-9,13-14H2,1-3H3,(H,25,26). The monoisotopic (exact) mass is 436 g/mol. The first kappa shape index (κ1) is 21.8. The van der Waals surface area contributed by atoms with Gasteiger partial charge < -0.3 is 19.6 Å². The summed E-state index contributed by atoms with van der Waals surface area (Å²) in [7, 11) is 4.07. The van der Waals surface area contributed by atoms with E-state index in [2.05, 4.69) is 15.1 Å². The zero-order valence-corrected chi connectivity index (χ0v) is 18.6. The van der Waals surface area contributed by atoms with Crippen LogP contribution in [-0.2, 0) is 13.1 Å². The second kappa shape index (κ2) is 9.00. The van der Waals surface area contributed by atoms with Gasteiger partial charge >= 0.3 is 0 Å². The lowest BCUT2D eigenvalue weighted by atomic mass is 10.1. The molecule has 168 valence electrons. The maximum absolute atomic E-state index is 13.2. The SMILES string of the molecule is CCC(=O)c1n[nH]c2cc(O)c(C(=O)N3Cc4ccc(OCCCN(C)C)cc4C3)cc12. The molecule has 0 fully saturated rings. The van der Waals surface area contributed by atoms with Crippen LogP contribution in [0, 0.1) is 0 Å². The van der Waals surface area contributed by atoms with Crippen molar-refractivity contribution < 1.29 is 19.4 Å². The van der Waals surface area contributed by atoms with Gasteiger partial charge in [-0.25, -0.2) is 0 Å². The Bertz CT molecular complexity index is 1170. The molecule has 2 heterocycles. The molecule has 1 aliphatic rings. The lowest BCUT2D eigenvalue weighted by Gasteiger charge is -2.16. The third-order valence-corrected chi connectivity index (χ3v) is 5.70. The summed E-state index contributed by atoms with van der Waals surface area (Å²) >= 11 is 0. The fraction of sp³-hybridized carbons (Fsp3) is 0.375. The molecule has 2 N–H and O–H groups in total. The second-order valence-corrected chi connectivity index (χ2v) is 8.36. The summed E-state index contributed by atoms with van der Waals surface area (Å²) in [5, 5.41) is 17.8. The Kier molecular flexibility index (Phi) is 6.14. The van der Waals surface area contributed by atoms with Gasteiger partial charge in [0, 0.05) is 37.5 Å². The zero-order chi connectivity index (χ0) is 22.8. The van der Waals surface area contributed by atoms with Gasteiger partial charge in [0.25, 0.3) is 5.91 Å². The van der Waals surface area contributed by atoms with Gasteiger partial charge in [-0.1, -0.05) is 13.0 Å². The number of carbonyl (C=O) groups excluding carboxylic acids is 2. The normalized spacial score (nSPS) is 13.1. The van der Waals surface area contributed by atoms with Crippen LogP contribution in [0.1, 0.15) is 51.7 Å². The summed E-state index contributed by atoms with van der Waals surface area (Å²) in [5.41, 5.74) is 3.07. The number of aromatic hydroxyl groups is 1. The number of ketones is 1. The number of phenols is 1. The number of ether oxygens (including phenoxy) is 1. The Morgan fingerprint density at radius 1 is 1.19 bits per heavy atom. The van der Waals surface area contributed by atoms with Crippen LogP contribution >= 0.6 is 0 Å². The first-order chi connectivity index (χ1) is 15.4. The highest BCUT2D eigenvalue weighted by Crippen LogP contribution is 2.32. The average molecular weight is 437 g/mol. The Hall–Kier alpha value is -3.39. The molecular formula is C24H28N4O4. The number of carbonyl (C=O) groups is 2. The van der Waals surface area contributed by atoms with Gasteiger partial charge in [-0.2, -0.15) is 5.10 Å². The fourth-order valence-corrected chi connectivity index (χ4v) is 3.95. The maximum Gasteiger partial charge on any atom is 0.258 e. The first-order valence-electron chi connectivity index (χ1n) is 10.8. The van der Waals surface area contributed by atoms with E-state index in [9.17, 15) is 14.7 Å². The van der Waals surface area contributed by atoms with Crippen LogP contribution in [0.3, 0.4) is 0 Å². The number of aromatic amines is 1. The van der Waals surface area contributed by atoms with Gasteiger partial charge in [-0.3, -0.25) is 14.7 Å². The van der Waals surface area contributed by atoms with Crippen molar-refractivity contribution in [3.8, 4) is 11.5 Å². The first-order valence-corrected chi connectivity index (χ1v) is 10.8. The number of hydrogen-bond acceptors (Lipinski definition) is 6. The van der Waals surface area contributed by atoms with E-state index < -0.39 is 0 Å². The average Bonchev–Trinajstić information content (AvgIpc) is 3.38. The van der Waals surface area contributed by atoms with E-state index >= 15 is 0 Å². The number of fused-ring (bicyclic) bond motifs is 2. The van der Waals surface area contributed by atoms with Gasteiger partial charge in [-0.15, -0.1) is 0 Å². The van der Waals surface area contributed by atoms with Crippen molar-refractivity contribution >= 4 is 22.6 Å². The third-order valence-electron chi connectivity index (χ3n) is 5.70. The lowest BCUT2D eigenvalue weighted by molar-refractivity contribution is 0.0748. The van der Waals surface area contributed by atoms with Gasteiger partial charge in [0.1, 0.15) is 17.2 Å². The zero-order valence-electron chi connectivity index (χ0n) is 18.6. The molecule has 0 atom stereocenters. The number of benzene rings is 2. The highest BCUT2D eigenvalue weighted by molar-refractivity contribution is 6.09. The molecule has 1 amide bonds. The highest BCUT2D eigenvalue weighted by Gasteiger charge is 2.27. The topological polar surface area (TPSA) is 98.8 Å². The van der Waals surface area contributed by atoms with E-state index in [4.69, 9.17) is 4.74 Å². The number of hydrogen-bond donors (Lipinski definition) is 2. The van der Waals surface area contributed by atoms with Gasteiger partial charge in [-0.05, 0) is 49.8 Å². The molecule has 32 heavy (non-hydrogen) atoms. The number of nitrogens with one attached hydrogen (secondary N) is 1. The van der Waals surface area contributed by atoms with Crippen molar-refractivity contribution in [3.63, 3.8) is 0 Å². The largest absolute Gasteiger partial charge is 0.507 e. The molecule has 1 aliphatic heterocycles. The maximum atomic E-state index is 13.2. The summed E-state index contributed by atoms with van der Waals surface area (Å²) in [6.45, 7) is 4.25. The molecule has 0 unspecified atom stereocenters. The van der Waals surface area contributed by atoms with E-state index in [0.29, 0.717) is 37.0 Å². The molecule has 0 bridgehead atoms. The summed E-state index contributed by atoms with van der Waals surface area (Å²) in [5.74, 6) is 0.252. The van der Waals surface area contributed by atoms with E-state index in [1.54, 1.807) is 17.9 Å². The van der Waals surface area contributed by atoms with E-state index in [1.165, 1.54) is 6.07 Å². The number of phenolic OH excluding ortho intramolecular Hbond substituents is 1. The molecule has 3 aromatic rings. The molecule has 0 aliphatic carbocycles. The van der Waals surface area contributed by atoms with Crippen LogP contribution in [0.4, 0.5) is 0 Å². The van der Waals surface area contributed by atoms with Gasteiger partial charge in [0.15, 0.2) is 5.78 Å². The predicted molar refractivity (Wildman–Crippen MR) is 121 cm³/mol. The van der Waals surface area contributed by atoms with Gasteiger partial charge in [0.2, 0.25) is 0 Å². The van der Waals surface area contributed by atoms with Crippen LogP contribution in [0.15, 0.2) is 30.3 Å². The minimum Gasteiger partial charge on any atom is -0.507 e. The number of rotatable bonds is 8. The van der Waals surface area contributed by atoms with Crippen molar-refractivity contribution in [2.45, 2.75) is 32.9 Å². The Morgan fingerprint density at radius 2 is 1.97 bits per heavy atom. The van der Waals surface area contributed by atoms with Crippen molar-refractivity contribution in [3.05, 3.63) is 52.7 Å². The Labute approximate surface area is 186 Å².